The number of amides is 2. The average Bonchev–Trinajstić information content (AvgIpc) is 3.14. The smallest absolute Gasteiger partial charge is 0.251 e. The summed E-state index contributed by atoms with van der Waals surface area (Å²) < 4.78 is 0. The molecule has 130 valence electrons. The highest BCUT2D eigenvalue weighted by atomic mass is 16.3. The Labute approximate surface area is 143 Å². The van der Waals surface area contributed by atoms with Crippen LogP contribution in [0, 0.1) is 5.92 Å². The van der Waals surface area contributed by atoms with E-state index in [0.717, 1.165) is 12.8 Å². The summed E-state index contributed by atoms with van der Waals surface area (Å²) in [5.74, 6) is 0.123. The minimum Gasteiger partial charge on any atom is -0.396 e. The third kappa shape index (κ3) is 4.45. The Morgan fingerprint density at radius 3 is 2.50 bits per heavy atom. The number of benzene rings is 1. The lowest BCUT2D eigenvalue weighted by Gasteiger charge is -2.24. The first-order chi connectivity index (χ1) is 11.6. The first-order valence-electron chi connectivity index (χ1n) is 8.48. The minimum absolute atomic E-state index is 0.0229. The summed E-state index contributed by atoms with van der Waals surface area (Å²) in [5, 5.41) is 12.3. The van der Waals surface area contributed by atoms with Crippen molar-refractivity contribution < 1.29 is 14.7 Å². The van der Waals surface area contributed by atoms with Crippen LogP contribution in [0.5, 0.6) is 0 Å². The van der Waals surface area contributed by atoms with Crippen LogP contribution in [0.25, 0.3) is 0 Å². The van der Waals surface area contributed by atoms with Gasteiger partial charge in [0.2, 0.25) is 5.91 Å². The largest absolute Gasteiger partial charge is 0.396 e. The lowest BCUT2D eigenvalue weighted by atomic mass is 9.95. The van der Waals surface area contributed by atoms with E-state index in [0.29, 0.717) is 23.6 Å². The molecule has 1 unspecified atom stereocenters. The quantitative estimate of drug-likeness (QED) is 0.755. The molecular weight excluding hydrogens is 304 g/mol. The summed E-state index contributed by atoms with van der Waals surface area (Å²) in [6, 6.07) is 6.93. The molecule has 5 heteroatoms. The fraction of sp³-hybridized carbons (Fsp3) is 0.474. The Kier molecular flexibility index (Phi) is 6.55. The van der Waals surface area contributed by atoms with Gasteiger partial charge in [0.1, 0.15) is 0 Å². The summed E-state index contributed by atoms with van der Waals surface area (Å²) in [7, 11) is 1.66. The topological polar surface area (TPSA) is 69.6 Å². The van der Waals surface area contributed by atoms with Gasteiger partial charge in [-0.3, -0.25) is 9.59 Å². The van der Waals surface area contributed by atoms with Crippen molar-refractivity contribution >= 4 is 17.5 Å². The number of hydrogen-bond acceptors (Lipinski definition) is 3. The summed E-state index contributed by atoms with van der Waals surface area (Å²) in [4.78, 5) is 25.5. The van der Waals surface area contributed by atoms with Gasteiger partial charge in [-0.2, -0.15) is 0 Å². The molecule has 1 aromatic carbocycles. The van der Waals surface area contributed by atoms with Gasteiger partial charge in [-0.1, -0.05) is 19.4 Å². The van der Waals surface area contributed by atoms with Crippen molar-refractivity contribution in [3.05, 3.63) is 42.5 Å². The summed E-state index contributed by atoms with van der Waals surface area (Å²) >= 11 is 0. The van der Waals surface area contributed by atoms with Crippen molar-refractivity contribution in [2.75, 3.05) is 18.6 Å². The number of hydrogen-bond donors (Lipinski definition) is 2. The number of nitrogens with one attached hydrogen (secondary N) is 1. The molecule has 0 aliphatic heterocycles. The Balaban J connectivity index is 2.03. The van der Waals surface area contributed by atoms with Gasteiger partial charge in [0, 0.05) is 30.9 Å². The highest BCUT2D eigenvalue weighted by molar-refractivity contribution is 6.01. The lowest BCUT2D eigenvalue weighted by Crippen LogP contribution is -2.40. The van der Waals surface area contributed by atoms with Gasteiger partial charge in [0.25, 0.3) is 5.91 Å². The number of aliphatic hydroxyl groups excluding tert-OH is 1. The molecule has 2 rings (SSSR count). The standard InChI is InChI=1S/C19H26N2O3/c1-3-18(23)21(2)16-10-8-15(9-11-16)19(24)20-17(12-13-22)14-6-4-5-7-14/h3,8-11,14,17,22H,1,4-7,12-13H2,2H3,(H,20,24). The summed E-state index contributed by atoms with van der Waals surface area (Å²) in [6.45, 7) is 3.54. The molecule has 1 saturated carbocycles. The normalized spacial score (nSPS) is 15.8. The minimum atomic E-state index is -0.198. The van der Waals surface area contributed by atoms with E-state index in [1.165, 1.54) is 23.8 Å². The van der Waals surface area contributed by atoms with Crippen LogP contribution in [0.4, 0.5) is 5.69 Å². The van der Waals surface area contributed by atoms with Gasteiger partial charge < -0.3 is 15.3 Å². The van der Waals surface area contributed by atoms with Crippen LogP contribution in [-0.4, -0.2) is 36.6 Å². The van der Waals surface area contributed by atoms with Crippen LogP contribution in [0.3, 0.4) is 0 Å². The molecule has 0 bridgehead atoms. The van der Waals surface area contributed by atoms with E-state index in [2.05, 4.69) is 11.9 Å². The zero-order chi connectivity index (χ0) is 17.5. The van der Waals surface area contributed by atoms with Crippen LogP contribution in [-0.2, 0) is 4.79 Å². The van der Waals surface area contributed by atoms with E-state index in [4.69, 9.17) is 0 Å². The number of rotatable bonds is 7. The molecule has 1 aliphatic rings. The van der Waals surface area contributed by atoms with Crippen molar-refractivity contribution in [1.82, 2.24) is 5.32 Å². The average molecular weight is 330 g/mol. The molecule has 0 radical (unpaired) electrons. The van der Waals surface area contributed by atoms with Crippen LogP contribution < -0.4 is 10.2 Å². The predicted molar refractivity (Wildman–Crippen MR) is 95.0 cm³/mol. The molecule has 2 N–H and O–H groups in total. The van der Waals surface area contributed by atoms with E-state index >= 15 is 0 Å². The second-order valence-corrected chi connectivity index (χ2v) is 6.29. The molecule has 0 saturated heterocycles. The van der Waals surface area contributed by atoms with Crippen molar-refractivity contribution in [2.24, 2.45) is 5.92 Å². The van der Waals surface area contributed by atoms with Gasteiger partial charge in [0.15, 0.2) is 0 Å². The van der Waals surface area contributed by atoms with Crippen molar-refractivity contribution in [2.45, 2.75) is 38.1 Å². The lowest BCUT2D eigenvalue weighted by molar-refractivity contribution is -0.113. The molecule has 24 heavy (non-hydrogen) atoms. The molecule has 1 aromatic rings. The van der Waals surface area contributed by atoms with Crippen LogP contribution in [0.15, 0.2) is 36.9 Å². The van der Waals surface area contributed by atoms with E-state index in [9.17, 15) is 14.7 Å². The van der Waals surface area contributed by atoms with Gasteiger partial charge in [-0.05, 0) is 55.5 Å². The maximum atomic E-state index is 12.5. The zero-order valence-corrected chi connectivity index (χ0v) is 14.2. The molecular formula is C19H26N2O3. The number of carbonyl (C=O) groups excluding carboxylic acids is 2. The van der Waals surface area contributed by atoms with Crippen molar-refractivity contribution in [3.8, 4) is 0 Å². The van der Waals surface area contributed by atoms with Crippen molar-refractivity contribution in [3.63, 3.8) is 0 Å². The molecule has 5 nitrogen and oxygen atoms in total. The molecule has 0 spiro atoms. The SMILES string of the molecule is C=CC(=O)N(C)c1ccc(C(=O)NC(CCO)C2CCCC2)cc1. The number of likely N-dealkylation sites (N-methyl/N-ethyl adjacent to an activating group) is 1. The fourth-order valence-electron chi connectivity index (χ4n) is 3.28. The number of anilines is 1. The van der Waals surface area contributed by atoms with Crippen LogP contribution in [0.2, 0.25) is 0 Å². The number of nitrogens with zero attached hydrogens (tertiary/aromatic N) is 1. The Morgan fingerprint density at radius 1 is 1.33 bits per heavy atom. The van der Waals surface area contributed by atoms with Gasteiger partial charge in [0.05, 0.1) is 0 Å². The third-order valence-corrected chi connectivity index (χ3v) is 4.75. The van der Waals surface area contributed by atoms with Gasteiger partial charge in [-0.15, -0.1) is 0 Å². The van der Waals surface area contributed by atoms with Crippen LogP contribution in [0.1, 0.15) is 42.5 Å². The summed E-state index contributed by atoms with van der Waals surface area (Å²) in [5.41, 5.74) is 1.26. The second kappa shape index (κ2) is 8.64. The highest BCUT2D eigenvalue weighted by Crippen LogP contribution is 2.29. The first kappa shape index (κ1) is 18.2. The van der Waals surface area contributed by atoms with Crippen LogP contribution >= 0.6 is 0 Å². The van der Waals surface area contributed by atoms with E-state index < -0.39 is 0 Å². The predicted octanol–water partition coefficient (Wildman–Crippen LogP) is 2.51. The zero-order valence-electron chi connectivity index (χ0n) is 14.2. The Morgan fingerprint density at radius 2 is 1.96 bits per heavy atom. The van der Waals surface area contributed by atoms with E-state index in [1.807, 2.05) is 0 Å². The third-order valence-electron chi connectivity index (χ3n) is 4.75. The Hall–Kier alpha value is -2.14. The molecule has 1 aliphatic carbocycles. The molecule has 0 heterocycles. The highest BCUT2D eigenvalue weighted by Gasteiger charge is 2.26. The van der Waals surface area contributed by atoms with E-state index in [1.54, 1.807) is 31.3 Å². The maximum absolute atomic E-state index is 12.5. The van der Waals surface area contributed by atoms with Gasteiger partial charge >= 0.3 is 0 Å². The molecule has 0 aromatic heterocycles. The number of carbonyl (C=O) groups is 2. The molecule has 2 amide bonds. The Bertz CT molecular complexity index is 577. The van der Waals surface area contributed by atoms with Crippen molar-refractivity contribution in [1.29, 1.82) is 0 Å². The first-order valence-corrected chi connectivity index (χ1v) is 8.48. The second-order valence-electron chi connectivity index (χ2n) is 6.29. The maximum Gasteiger partial charge on any atom is 0.251 e. The molecule has 1 fully saturated rings. The summed E-state index contributed by atoms with van der Waals surface area (Å²) in [6.07, 6.45) is 6.45. The monoisotopic (exact) mass is 330 g/mol. The fourth-order valence-corrected chi connectivity index (χ4v) is 3.28. The molecule has 1 atom stereocenters. The van der Waals surface area contributed by atoms with E-state index in [-0.39, 0.29) is 24.5 Å². The van der Waals surface area contributed by atoms with Gasteiger partial charge in [-0.25, -0.2) is 0 Å². The number of aliphatic hydroxyl groups is 1.